The summed E-state index contributed by atoms with van der Waals surface area (Å²) in [5.74, 6) is 0.806. The van der Waals surface area contributed by atoms with Crippen LogP contribution in [0.2, 0.25) is 0 Å². The monoisotopic (exact) mass is 430 g/mol. The van der Waals surface area contributed by atoms with Crippen molar-refractivity contribution in [3.8, 4) is 22.8 Å². The van der Waals surface area contributed by atoms with Crippen LogP contribution in [0.5, 0.6) is 11.6 Å². The summed E-state index contributed by atoms with van der Waals surface area (Å²) in [5, 5.41) is 0.845. The predicted molar refractivity (Wildman–Crippen MR) is 112 cm³/mol. The lowest BCUT2D eigenvalue weighted by molar-refractivity contribution is 0.142. The second kappa shape index (κ2) is 8.04. The lowest BCUT2D eigenvalue weighted by Gasteiger charge is -2.16. The fraction of sp³-hybridized carbons (Fsp3) is 0.350. The Morgan fingerprint density at radius 2 is 2.00 bits per heavy atom. The van der Waals surface area contributed by atoms with E-state index >= 15 is 0 Å². The van der Waals surface area contributed by atoms with Crippen molar-refractivity contribution in [2.75, 3.05) is 31.3 Å². The van der Waals surface area contributed by atoms with Gasteiger partial charge in [-0.1, -0.05) is 0 Å². The highest BCUT2D eigenvalue weighted by molar-refractivity contribution is 7.92. The highest BCUT2D eigenvalue weighted by Crippen LogP contribution is 2.35. The predicted octanol–water partition coefficient (Wildman–Crippen LogP) is 2.55. The number of nitrogens with one attached hydrogen (secondary N) is 1. The van der Waals surface area contributed by atoms with E-state index in [1.54, 1.807) is 12.3 Å². The average Bonchev–Trinajstić information content (AvgIpc) is 3.20. The number of sulfonamides is 1. The second-order valence-corrected chi connectivity index (χ2v) is 8.84. The molecule has 10 heteroatoms. The maximum absolute atomic E-state index is 11.7. The van der Waals surface area contributed by atoms with Crippen LogP contribution in [0.25, 0.3) is 22.0 Å². The molecule has 1 saturated heterocycles. The zero-order valence-corrected chi connectivity index (χ0v) is 17.7. The van der Waals surface area contributed by atoms with E-state index in [1.165, 1.54) is 13.4 Å². The number of nitrogens with zero attached hydrogens (tertiary/aromatic N) is 3. The van der Waals surface area contributed by atoms with Crippen LogP contribution in [0.4, 0.5) is 5.69 Å². The number of pyridine rings is 1. The Bertz CT molecular complexity index is 1190. The second-order valence-electron chi connectivity index (χ2n) is 7.09. The maximum atomic E-state index is 11.7. The SMILES string of the molecule is COc1ncc(-c2cc(O[C@@H]3CCOC3)c3ncnc(C)c3c2)cc1NS(C)(=O)=O. The van der Waals surface area contributed by atoms with E-state index in [4.69, 9.17) is 14.2 Å². The number of rotatable bonds is 6. The summed E-state index contributed by atoms with van der Waals surface area (Å²) in [6.07, 6.45) is 4.97. The summed E-state index contributed by atoms with van der Waals surface area (Å²) in [6.45, 7) is 3.10. The van der Waals surface area contributed by atoms with Crippen molar-refractivity contribution in [2.24, 2.45) is 0 Å². The van der Waals surface area contributed by atoms with Gasteiger partial charge in [-0.2, -0.15) is 0 Å². The molecule has 30 heavy (non-hydrogen) atoms. The Balaban J connectivity index is 1.84. The summed E-state index contributed by atoms with van der Waals surface area (Å²) in [6, 6.07) is 5.49. The van der Waals surface area contributed by atoms with Gasteiger partial charge in [-0.25, -0.2) is 23.4 Å². The first-order valence-corrected chi connectivity index (χ1v) is 11.2. The molecule has 0 spiro atoms. The van der Waals surface area contributed by atoms with Crippen molar-refractivity contribution in [3.63, 3.8) is 0 Å². The molecule has 3 aromatic rings. The van der Waals surface area contributed by atoms with Gasteiger partial charge in [0.15, 0.2) is 0 Å². The van der Waals surface area contributed by atoms with Crippen LogP contribution in [0.1, 0.15) is 12.1 Å². The molecule has 9 nitrogen and oxygen atoms in total. The van der Waals surface area contributed by atoms with E-state index < -0.39 is 10.0 Å². The van der Waals surface area contributed by atoms with Crippen molar-refractivity contribution < 1.29 is 22.6 Å². The van der Waals surface area contributed by atoms with Crippen LogP contribution >= 0.6 is 0 Å². The summed E-state index contributed by atoms with van der Waals surface area (Å²) in [5.41, 5.74) is 3.27. The minimum atomic E-state index is -3.50. The molecule has 4 rings (SSSR count). The lowest BCUT2D eigenvalue weighted by Crippen LogP contribution is -2.16. The van der Waals surface area contributed by atoms with Gasteiger partial charge in [0, 0.05) is 29.3 Å². The molecule has 1 aliphatic rings. The van der Waals surface area contributed by atoms with E-state index in [0.29, 0.717) is 30.0 Å². The number of anilines is 1. The molecule has 0 amide bonds. The third-order valence-electron chi connectivity index (χ3n) is 4.76. The first kappa shape index (κ1) is 20.3. The van der Waals surface area contributed by atoms with Gasteiger partial charge < -0.3 is 14.2 Å². The van der Waals surface area contributed by atoms with Gasteiger partial charge in [0.05, 0.1) is 26.6 Å². The van der Waals surface area contributed by atoms with Crippen molar-refractivity contribution in [1.29, 1.82) is 0 Å². The Kier molecular flexibility index (Phi) is 5.44. The summed E-state index contributed by atoms with van der Waals surface area (Å²) in [7, 11) is -2.07. The first-order valence-electron chi connectivity index (χ1n) is 9.36. The topological polar surface area (TPSA) is 113 Å². The van der Waals surface area contributed by atoms with E-state index in [1.807, 2.05) is 19.1 Å². The molecule has 158 valence electrons. The zero-order chi connectivity index (χ0) is 21.3. The normalized spacial score (nSPS) is 16.6. The van der Waals surface area contributed by atoms with Crippen LogP contribution in [0, 0.1) is 6.92 Å². The lowest BCUT2D eigenvalue weighted by atomic mass is 10.0. The number of aryl methyl sites for hydroxylation is 1. The quantitative estimate of drug-likeness (QED) is 0.635. The Labute approximate surface area is 174 Å². The number of ether oxygens (including phenoxy) is 3. The number of aromatic nitrogens is 3. The van der Waals surface area contributed by atoms with Gasteiger partial charge in [0.25, 0.3) is 0 Å². The molecular weight excluding hydrogens is 408 g/mol. The molecule has 1 atom stereocenters. The van der Waals surface area contributed by atoms with Gasteiger partial charge in [0.1, 0.15) is 29.4 Å². The smallest absolute Gasteiger partial charge is 0.238 e. The summed E-state index contributed by atoms with van der Waals surface area (Å²) in [4.78, 5) is 12.9. The Hall–Kier alpha value is -2.98. The zero-order valence-electron chi connectivity index (χ0n) is 16.9. The van der Waals surface area contributed by atoms with Crippen molar-refractivity contribution in [2.45, 2.75) is 19.4 Å². The molecule has 0 unspecified atom stereocenters. The average molecular weight is 430 g/mol. The largest absolute Gasteiger partial charge is 0.486 e. The number of benzene rings is 1. The number of hydrogen-bond acceptors (Lipinski definition) is 8. The molecule has 0 radical (unpaired) electrons. The number of fused-ring (bicyclic) bond motifs is 1. The summed E-state index contributed by atoms with van der Waals surface area (Å²) < 4.78 is 42.7. The highest BCUT2D eigenvalue weighted by atomic mass is 32.2. The van der Waals surface area contributed by atoms with Gasteiger partial charge >= 0.3 is 0 Å². The molecule has 1 fully saturated rings. The third-order valence-corrected chi connectivity index (χ3v) is 5.35. The molecule has 0 aliphatic carbocycles. The van der Waals surface area contributed by atoms with Gasteiger partial charge in [0.2, 0.25) is 15.9 Å². The molecule has 3 heterocycles. The minimum absolute atomic E-state index is 0.0461. The fourth-order valence-corrected chi connectivity index (χ4v) is 3.89. The van der Waals surface area contributed by atoms with Crippen molar-refractivity contribution in [3.05, 3.63) is 36.4 Å². The van der Waals surface area contributed by atoms with Crippen LogP contribution in [-0.2, 0) is 14.8 Å². The van der Waals surface area contributed by atoms with Crippen LogP contribution in [0.3, 0.4) is 0 Å². The number of methoxy groups -OCH3 is 1. The highest BCUT2D eigenvalue weighted by Gasteiger charge is 2.20. The summed E-state index contributed by atoms with van der Waals surface area (Å²) >= 11 is 0. The van der Waals surface area contributed by atoms with Crippen LogP contribution in [-0.4, -0.2) is 56.1 Å². The molecule has 1 aromatic carbocycles. The van der Waals surface area contributed by atoms with Gasteiger partial charge in [-0.3, -0.25) is 4.72 Å². The molecule has 0 saturated carbocycles. The Morgan fingerprint density at radius 3 is 2.70 bits per heavy atom. The third kappa shape index (κ3) is 4.29. The maximum Gasteiger partial charge on any atom is 0.238 e. The van der Waals surface area contributed by atoms with Gasteiger partial charge in [-0.15, -0.1) is 0 Å². The van der Waals surface area contributed by atoms with E-state index in [2.05, 4.69) is 19.7 Å². The van der Waals surface area contributed by atoms with Crippen molar-refractivity contribution in [1.82, 2.24) is 15.0 Å². The molecule has 1 N–H and O–H groups in total. The molecule has 0 bridgehead atoms. The first-order chi connectivity index (χ1) is 14.3. The minimum Gasteiger partial charge on any atom is -0.486 e. The van der Waals surface area contributed by atoms with E-state index in [0.717, 1.165) is 29.3 Å². The van der Waals surface area contributed by atoms with Gasteiger partial charge in [-0.05, 0) is 30.7 Å². The van der Waals surface area contributed by atoms with Crippen molar-refractivity contribution >= 4 is 26.6 Å². The van der Waals surface area contributed by atoms with E-state index in [9.17, 15) is 8.42 Å². The van der Waals surface area contributed by atoms with Crippen LogP contribution < -0.4 is 14.2 Å². The fourth-order valence-electron chi connectivity index (χ4n) is 3.35. The van der Waals surface area contributed by atoms with Crippen LogP contribution in [0.15, 0.2) is 30.7 Å². The standard InChI is InChI=1S/C20H22N4O5S/c1-12-16-6-13(14-7-17(24-30(3,25)26)20(27-2)21-9-14)8-18(19(16)23-11-22-12)29-15-4-5-28-10-15/h6-9,11,15,24H,4-5,10H2,1-3H3/t15-/m1/s1. The molecular formula is C20H22N4O5S. The molecule has 1 aliphatic heterocycles. The number of hydrogen-bond donors (Lipinski definition) is 1. The molecule has 2 aromatic heterocycles. The Morgan fingerprint density at radius 1 is 1.17 bits per heavy atom. The van der Waals surface area contributed by atoms with E-state index in [-0.39, 0.29) is 17.7 Å².